The molecular formula is C64H107N21O11. The Morgan fingerprint density at radius 1 is 0.615 bits per heavy atom. The van der Waals surface area contributed by atoms with Crippen molar-refractivity contribution in [2.24, 2.45) is 44.4 Å². The summed E-state index contributed by atoms with van der Waals surface area (Å²) in [5.74, 6) is 1.60. The molecule has 4 rings (SSSR count). The van der Waals surface area contributed by atoms with Crippen LogP contribution >= 0.6 is 0 Å². The number of likely N-dealkylation sites (N-methyl/N-ethyl adjacent to an activating group) is 3. The molecule has 10 amide bonds. The van der Waals surface area contributed by atoms with E-state index in [9.17, 15) is 52.7 Å². The summed E-state index contributed by atoms with van der Waals surface area (Å²) >= 11 is 0. The van der Waals surface area contributed by atoms with E-state index in [4.69, 9.17) is 28.6 Å². The van der Waals surface area contributed by atoms with E-state index in [0.29, 0.717) is 18.4 Å². The Bertz CT molecular complexity index is 3060. The third-order valence-corrected chi connectivity index (χ3v) is 16.9. The van der Waals surface area contributed by atoms with E-state index < -0.39 is 106 Å². The van der Waals surface area contributed by atoms with Gasteiger partial charge in [0.05, 0.1) is 36.9 Å². The van der Waals surface area contributed by atoms with Crippen molar-refractivity contribution in [2.45, 2.75) is 175 Å². The van der Waals surface area contributed by atoms with E-state index in [1.54, 1.807) is 53.7 Å². The fourth-order valence-corrected chi connectivity index (χ4v) is 11.3. The summed E-state index contributed by atoms with van der Waals surface area (Å²) in [6, 6.07) is -2.47. The highest BCUT2D eigenvalue weighted by atomic mass is 16.2. The molecule has 96 heavy (non-hydrogen) atoms. The third kappa shape index (κ3) is 23.3. The van der Waals surface area contributed by atoms with Gasteiger partial charge in [-0.15, -0.1) is 0 Å². The van der Waals surface area contributed by atoms with Gasteiger partial charge in [0.15, 0.2) is 0 Å². The lowest BCUT2D eigenvalue weighted by Crippen LogP contribution is -2.58. The molecule has 1 unspecified atom stereocenters. The summed E-state index contributed by atoms with van der Waals surface area (Å²) in [5.41, 5.74) is 25.1. The number of hydrazine groups is 1. The normalized spacial score (nSPS) is 20.6. The van der Waals surface area contributed by atoms with Gasteiger partial charge in [0.2, 0.25) is 41.4 Å². The van der Waals surface area contributed by atoms with E-state index in [2.05, 4.69) is 63.6 Å². The highest BCUT2D eigenvalue weighted by Gasteiger charge is 2.46. The van der Waals surface area contributed by atoms with Crippen molar-refractivity contribution >= 4 is 65.4 Å². The summed E-state index contributed by atoms with van der Waals surface area (Å²) in [4.78, 5) is 151. The molecule has 0 saturated carbocycles. The predicted molar refractivity (Wildman–Crippen MR) is 361 cm³/mol. The number of amides is 10. The van der Waals surface area contributed by atoms with Crippen LogP contribution in [-0.2, 0) is 38.4 Å². The van der Waals surface area contributed by atoms with E-state index in [1.807, 2.05) is 48.5 Å². The maximum atomic E-state index is 14.0. The van der Waals surface area contributed by atoms with Crippen molar-refractivity contribution in [3.05, 3.63) is 70.6 Å². The number of nitrogens with one attached hydrogen (secondary N) is 12. The lowest BCUT2D eigenvalue weighted by molar-refractivity contribution is -0.143. The van der Waals surface area contributed by atoms with Crippen LogP contribution in [0.5, 0.6) is 0 Å². The number of hydrogen-bond acceptors (Lipinski definition) is 22. The topological polar surface area (TPSA) is 473 Å². The van der Waals surface area contributed by atoms with Crippen molar-refractivity contribution in [1.82, 2.24) is 78.2 Å². The molecule has 10 atom stereocenters. The molecule has 3 saturated heterocycles. The fourth-order valence-electron chi connectivity index (χ4n) is 11.3. The second-order valence-corrected chi connectivity index (χ2v) is 28.1. The Kier molecular flexibility index (Phi) is 29.7. The van der Waals surface area contributed by atoms with Gasteiger partial charge in [0.25, 0.3) is 17.7 Å². The first kappa shape index (κ1) is 79.7. The maximum Gasteiger partial charge on any atom is 0.251 e. The molecule has 32 heteroatoms. The quantitative estimate of drug-likeness (QED) is 0.0159. The lowest BCUT2D eigenvalue weighted by atomic mass is 9.85. The zero-order chi connectivity index (χ0) is 72.2. The summed E-state index contributed by atoms with van der Waals surface area (Å²) < 4.78 is 0. The van der Waals surface area contributed by atoms with Crippen molar-refractivity contribution < 1.29 is 52.7 Å². The number of rotatable bonds is 33. The van der Waals surface area contributed by atoms with Crippen molar-refractivity contribution in [3.8, 4) is 0 Å². The molecule has 534 valence electrons. The second kappa shape index (κ2) is 35.8. The number of aldehydes is 1. The molecule has 3 fully saturated rings. The van der Waals surface area contributed by atoms with Crippen molar-refractivity contribution in [1.29, 1.82) is 5.53 Å². The minimum absolute atomic E-state index is 0.00132. The monoisotopic (exact) mass is 1350 g/mol. The van der Waals surface area contributed by atoms with Crippen LogP contribution in [-0.4, -0.2) is 219 Å². The largest absolute Gasteiger partial charge is 0.401 e. The molecule has 0 bridgehead atoms. The van der Waals surface area contributed by atoms with Crippen molar-refractivity contribution in [2.75, 3.05) is 73.5 Å². The van der Waals surface area contributed by atoms with Crippen LogP contribution in [0.15, 0.2) is 59.0 Å². The number of hydrogen-bond donors (Lipinski definition) is 16. The number of carbonyl (C=O) groups excluding carboxylic acids is 11. The minimum atomic E-state index is -0.969. The number of nitrogens with two attached hydrogens (primary N) is 4. The average molecular weight is 1350 g/mol. The van der Waals surface area contributed by atoms with E-state index >= 15 is 0 Å². The van der Waals surface area contributed by atoms with Gasteiger partial charge in [0.1, 0.15) is 30.5 Å². The molecule has 1 aromatic rings. The number of benzene rings is 1. The van der Waals surface area contributed by atoms with Crippen LogP contribution in [0.3, 0.4) is 0 Å². The molecule has 0 spiro atoms. The first-order valence-electron chi connectivity index (χ1n) is 32.4. The van der Waals surface area contributed by atoms with Gasteiger partial charge in [-0.25, -0.2) is 11.4 Å². The average Bonchev–Trinajstić information content (AvgIpc) is 1.51. The molecule has 20 N–H and O–H groups in total. The first-order chi connectivity index (χ1) is 44.9. The molecule has 1 aromatic carbocycles. The number of primary amides is 1. The molecule has 0 radical (unpaired) electrons. The van der Waals surface area contributed by atoms with Crippen LogP contribution in [0.1, 0.15) is 146 Å². The number of nitrogens with zero attached hydrogens (tertiary/aromatic N) is 5. The van der Waals surface area contributed by atoms with Gasteiger partial charge in [0, 0.05) is 123 Å². The van der Waals surface area contributed by atoms with Crippen molar-refractivity contribution in [3.63, 3.8) is 0 Å². The van der Waals surface area contributed by atoms with Crippen LogP contribution < -0.4 is 81.5 Å². The summed E-state index contributed by atoms with van der Waals surface area (Å²) in [6.45, 7) is 20.4. The van der Waals surface area contributed by atoms with E-state index in [1.165, 1.54) is 51.6 Å². The second-order valence-electron chi connectivity index (χ2n) is 28.1. The van der Waals surface area contributed by atoms with Gasteiger partial charge in [-0.3, -0.25) is 47.9 Å². The number of carbonyl (C=O) groups is 11. The zero-order valence-electron chi connectivity index (χ0n) is 58.3. The SMILES string of the molecule is CNCC(=O)N[C@H](C(=O)N1C[C@@H](N/C=C(/CCNC(=O)c2cc(C(=O)NCC/C(N)=C/N[C@H]3C[C@@H](C(N)=O)N(C(=O)[C@@H](NC(=O)CNC)C(C)(C)C)C3)cc(C(=O)NCC/C(N)=C/N(N)[C@H]3C[C@@H](C)N(C(=O)C(NC(=O)[C@H](C)NC)C(C)(C)C)C3)c2)N=N)C[C@H]1C=O)C(C)(C)C. The molecular weight excluding hydrogens is 1240 g/mol. The smallest absolute Gasteiger partial charge is 0.251 e. The molecule has 3 heterocycles. The van der Waals surface area contributed by atoms with E-state index in [-0.39, 0.29) is 142 Å². The van der Waals surface area contributed by atoms with Gasteiger partial charge >= 0.3 is 0 Å². The van der Waals surface area contributed by atoms with Gasteiger partial charge in [-0.05, 0) is 88.7 Å². The highest BCUT2D eigenvalue weighted by molar-refractivity contribution is 6.04. The lowest BCUT2D eigenvalue weighted by Gasteiger charge is -2.35. The standard InChI is InChI=1S/C64H107N21O11/c1-36-21-46(34-82(36)59(94)53(64(9,10)11)80-55(90)37(2)72-14)85(69)31-42(66)16-19-74-57(92)39-22-38(56(91)73-18-15-41(65)27-76-45-26-48(54(67)89)84(33-45)61(96)52(63(6,7)8)79-50(88)30-71-13)23-40(24-39)58(93)75-20-17-43(81-68)28-77-44-25-47(35-86)83(32-44)60(95)51(62(3,4)5)78-49(87)29-70-12/h22-24,27-28,31,35-37,44-48,51-53,68,70-72,76-77H,15-21,25-26,29-30,32-34,65-66,69H2,1-14H3,(H2,67,89)(H,73,91)(H,74,92)(H,75,93)(H,78,87)(H,79,88)(H,80,90)/b41-27-,42-31-,43-28-,81-68?/t36-,37+,44+,45+,46+,47+,48+,51-,52-,53?/m1/s1. The Hall–Kier alpha value is -8.75. The van der Waals surface area contributed by atoms with Crippen LogP contribution in [0.4, 0.5) is 0 Å². The Balaban J connectivity index is 1.49. The molecule has 32 nitrogen and oxygen atoms in total. The summed E-state index contributed by atoms with van der Waals surface area (Å²) in [6.07, 6.45) is 6.34. The van der Waals surface area contributed by atoms with E-state index in [0.717, 1.165) is 0 Å². The third-order valence-electron chi connectivity index (χ3n) is 16.9. The fraction of sp³-hybridized carbons (Fsp3) is 0.641. The zero-order valence-corrected chi connectivity index (χ0v) is 58.3. The van der Waals surface area contributed by atoms with Gasteiger partial charge in [-0.2, -0.15) is 5.11 Å². The Morgan fingerprint density at radius 3 is 1.51 bits per heavy atom. The molecule has 3 aliphatic rings. The minimum Gasteiger partial charge on any atom is -0.401 e. The molecule has 0 aromatic heterocycles. The predicted octanol–water partition coefficient (Wildman–Crippen LogP) is -1.87. The summed E-state index contributed by atoms with van der Waals surface area (Å²) in [5, 5.41) is 36.5. The van der Waals surface area contributed by atoms with Gasteiger partial charge in [-0.1, -0.05) is 62.3 Å². The molecule has 0 aliphatic carbocycles. The Labute approximate surface area is 563 Å². The van der Waals surface area contributed by atoms with Crippen LogP contribution in [0.25, 0.3) is 0 Å². The van der Waals surface area contributed by atoms with Crippen LogP contribution in [0.2, 0.25) is 0 Å². The number of likely N-dealkylation sites (tertiary alicyclic amines) is 3. The first-order valence-corrected chi connectivity index (χ1v) is 32.4. The molecule has 3 aliphatic heterocycles. The Morgan fingerprint density at radius 2 is 1.05 bits per heavy atom. The van der Waals surface area contributed by atoms with Crippen LogP contribution in [0, 0.1) is 21.8 Å². The maximum absolute atomic E-state index is 14.0. The highest BCUT2D eigenvalue weighted by Crippen LogP contribution is 2.30. The van der Waals surface area contributed by atoms with Gasteiger partial charge < -0.3 is 100 Å². The summed E-state index contributed by atoms with van der Waals surface area (Å²) in [7, 11) is 4.87.